The van der Waals surface area contributed by atoms with E-state index in [-0.39, 0.29) is 0 Å². The molecule has 0 aromatic carbocycles. The van der Waals surface area contributed by atoms with Crippen LogP contribution < -0.4 is 0 Å². The summed E-state index contributed by atoms with van der Waals surface area (Å²) in [5.74, 6) is 0.884. The topological polar surface area (TPSA) is 29.4 Å². The molecule has 0 aromatic heterocycles. The molecule has 0 aliphatic heterocycles. The molecule has 0 bridgehead atoms. The van der Waals surface area contributed by atoms with Gasteiger partial charge in [-0.05, 0) is 12.3 Å². The van der Waals surface area contributed by atoms with Crippen molar-refractivity contribution < 1.29 is 4.79 Å². The fourth-order valence-corrected chi connectivity index (χ4v) is 3.44. The van der Waals surface area contributed by atoms with Crippen LogP contribution in [0.5, 0.6) is 0 Å². The molecular formula is C23H45NO. The summed E-state index contributed by atoms with van der Waals surface area (Å²) < 4.78 is 0. The Morgan fingerprint density at radius 1 is 0.560 bits per heavy atom. The molecule has 0 saturated heterocycles. The van der Waals surface area contributed by atoms with E-state index >= 15 is 0 Å². The van der Waals surface area contributed by atoms with Crippen molar-refractivity contribution in [1.29, 1.82) is 0 Å². The third-order valence-electron chi connectivity index (χ3n) is 5.12. The number of carbonyl (C=O) groups excluding carboxylic acids is 1. The van der Waals surface area contributed by atoms with Crippen LogP contribution >= 0.6 is 0 Å². The minimum Gasteiger partial charge on any atom is -0.211 e. The molecule has 0 fully saturated rings. The minimum absolute atomic E-state index is 0.668. The molecule has 2 nitrogen and oxygen atoms in total. The second-order valence-electron chi connectivity index (χ2n) is 8.17. The van der Waals surface area contributed by atoms with Crippen molar-refractivity contribution in [3.63, 3.8) is 0 Å². The van der Waals surface area contributed by atoms with E-state index in [0.29, 0.717) is 6.54 Å². The lowest BCUT2D eigenvalue weighted by Gasteiger charge is -2.05. The van der Waals surface area contributed by atoms with E-state index in [1.54, 1.807) is 6.08 Å². The Balaban J connectivity index is 2.99. The maximum absolute atomic E-state index is 9.91. The van der Waals surface area contributed by atoms with Gasteiger partial charge in [-0.25, -0.2) is 9.79 Å². The van der Waals surface area contributed by atoms with Crippen LogP contribution in [0, 0.1) is 5.92 Å². The molecule has 0 aliphatic carbocycles. The van der Waals surface area contributed by atoms with Crippen LogP contribution in [-0.4, -0.2) is 12.6 Å². The highest BCUT2D eigenvalue weighted by molar-refractivity contribution is 5.32. The van der Waals surface area contributed by atoms with Gasteiger partial charge in [0.05, 0.1) is 6.54 Å². The lowest BCUT2D eigenvalue weighted by Crippen LogP contribution is -1.87. The van der Waals surface area contributed by atoms with Crippen molar-refractivity contribution in [3.8, 4) is 0 Å². The Bertz CT molecular complexity index is 294. The van der Waals surface area contributed by atoms with Crippen LogP contribution in [0.1, 0.15) is 129 Å². The van der Waals surface area contributed by atoms with E-state index < -0.39 is 0 Å². The van der Waals surface area contributed by atoms with Crippen LogP contribution in [0.15, 0.2) is 4.99 Å². The Labute approximate surface area is 158 Å². The van der Waals surface area contributed by atoms with Gasteiger partial charge in [0.1, 0.15) is 0 Å². The molecule has 0 amide bonds. The smallest absolute Gasteiger partial charge is 0.211 e. The number of isocyanates is 1. The first kappa shape index (κ1) is 24.4. The fraction of sp³-hybridized carbons (Fsp3) is 0.957. The Morgan fingerprint density at radius 2 is 0.880 bits per heavy atom. The molecule has 0 radical (unpaired) electrons. The van der Waals surface area contributed by atoms with Gasteiger partial charge < -0.3 is 0 Å². The molecule has 0 aromatic rings. The number of aliphatic imine (C=N–C) groups is 1. The molecule has 0 rings (SSSR count). The number of rotatable bonds is 20. The van der Waals surface area contributed by atoms with E-state index in [1.807, 2.05) is 0 Å². The predicted octanol–water partition coefficient (Wildman–Crippen LogP) is 8.00. The summed E-state index contributed by atoms with van der Waals surface area (Å²) in [6, 6.07) is 0. The number of hydrogen-bond donors (Lipinski definition) is 0. The Kier molecular flexibility index (Phi) is 20.9. The maximum atomic E-state index is 9.91. The van der Waals surface area contributed by atoms with Crippen LogP contribution in [0.2, 0.25) is 0 Å². The van der Waals surface area contributed by atoms with E-state index in [2.05, 4.69) is 18.8 Å². The van der Waals surface area contributed by atoms with Gasteiger partial charge in [-0.3, -0.25) is 0 Å². The van der Waals surface area contributed by atoms with Gasteiger partial charge in [-0.1, -0.05) is 123 Å². The SMILES string of the molecule is CC(C)CCCCCCCCCCCCCCCCCCCN=C=O. The van der Waals surface area contributed by atoms with Crippen LogP contribution in [0.3, 0.4) is 0 Å². The molecule has 0 spiro atoms. The molecule has 25 heavy (non-hydrogen) atoms. The van der Waals surface area contributed by atoms with E-state index in [0.717, 1.165) is 12.3 Å². The largest absolute Gasteiger partial charge is 0.234 e. The number of nitrogens with zero attached hydrogens (tertiary/aromatic N) is 1. The number of hydrogen-bond acceptors (Lipinski definition) is 2. The summed E-state index contributed by atoms with van der Waals surface area (Å²) in [6.45, 7) is 5.33. The van der Waals surface area contributed by atoms with Crippen molar-refractivity contribution >= 4 is 6.08 Å². The van der Waals surface area contributed by atoms with Gasteiger partial charge in [-0.15, -0.1) is 0 Å². The molecule has 0 heterocycles. The molecule has 148 valence electrons. The number of unbranched alkanes of at least 4 members (excludes halogenated alkanes) is 16. The first-order valence-electron chi connectivity index (χ1n) is 11.3. The summed E-state index contributed by atoms with van der Waals surface area (Å²) in [4.78, 5) is 13.5. The van der Waals surface area contributed by atoms with Crippen LogP contribution in [-0.2, 0) is 4.79 Å². The van der Waals surface area contributed by atoms with E-state index in [9.17, 15) is 4.79 Å². The molecular weight excluding hydrogens is 306 g/mol. The molecule has 0 atom stereocenters. The van der Waals surface area contributed by atoms with Crippen LogP contribution in [0.4, 0.5) is 0 Å². The highest BCUT2D eigenvalue weighted by Crippen LogP contribution is 2.15. The van der Waals surface area contributed by atoms with Gasteiger partial charge in [0, 0.05) is 0 Å². The summed E-state index contributed by atoms with van der Waals surface area (Å²) in [7, 11) is 0. The van der Waals surface area contributed by atoms with Crippen molar-refractivity contribution in [2.75, 3.05) is 6.54 Å². The second-order valence-corrected chi connectivity index (χ2v) is 8.17. The van der Waals surface area contributed by atoms with Gasteiger partial charge in [0.2, 0.25) is 6.08 Å². The van der Waals surface area contributed by atoms with Crippen molar-refractivity contribution in [2.45, 2.75) is 129 Å². The summed E-state index contributed by atoms with van der Waals surface area (Å²) in [6.07, 6.45) is 26.6. The quantitative estimate of drug-likeness (QED) is 0.124. The van der Waals surface area contributed by atoms with Gasteiger partial charge in [-0.2, -0.15) is 0 Å². The molecule has 0 N–H and O–H groups in total. The highest BCUT2D eigenvalue weighted by Gasteiger charge is 1.96. The maximum Gasteiger partial charge on any atom is 0.234 e. The average molecular weight is 352 g/mol. The Hall–Kier alpha value is -0.620. The van der Waals surface area contributed by atoms with E-state index in [1.165, 1.54) is 109 Å². The lowest BCUT2D eigenvalue weighted by atomic mass is 10.0. The zero-order valence-electron chi connectivity index (χ0n) is 17.4. The summed E-state index contributed by atoms with van der Waals surface area (Å²) in [5.41, 5.74) is 0. The molecule has 0 aliphatic rings. The first-order chi connectivity index (χ1) is 12.3. The van der Waals surface area contributed by atoms with Gasteiger partial charge >= 0.3 is 0 Å². The molecule has 0 unspecified atom stereocenters. The third-order valence-corrected chi connectivity index (χ3v) is 5.12. The fourth-order valence-electron chi connectivity index (χ4n) is 3.44. The zero-order valence-corrected chi connectivity index (χ0v) is 17.4. The predicted molar refractivity (Wildman–Crippen MR) is 111 cm³/mol. The standard InChI is InChI=1S/C23H45NO/c1-23(2)20-18-16-14-12-10-8-6-4-3-5-7-9-11-13-15-17-19-21-24-22-25/h23H,3-21H2,1-2H3. The van der Waals surface area contributed by atoms with Gasteiger partial charge in [0.15, 0.2) is 0 Å². The third kappa shape index (κ3) is 23.4. The monoisotopic (exact) mass is 351 g/mol. The molecule has 0 saturated carbocycles. The normalized spacial score (nSPS) is 11.0. The van der Waals surface area contributed by atoms with Crippen molar-refractivity contribution in [2.24, 2.45) is 10.9 Å². The van der Waals surface area contributed by atoms with Gasteiger partial charge in [0.25, 0.3) is 0 Å². The van der Waals surface area contributed by atoms with Crippen LogP contribution in [0.25, 0.3) is 0 Å². The second kappa shape index (κ2) is 21.4. The zero-order chi connectivity index (χ0) is 18.4. The summed E-state index contributed by atoms with van der Waals surface area (Å²) in [5, 5.41) is 0. The molecule has 2 heteroatoms. The summed E-state index contributed by atoms with van der Waals surface area (Å²) >= 11 is 0. The highest BCUT2D eigenvalue weighted by atomic mass is 16.1. The van der Waals surface area contributed by atoms with Crippen molar-refractivity contribution in [1.82, 2.24) is 0 Å². The minimum atomic E-state index is 0.668. The van der Waals surface area contributed by atoms with Crippen molar-refractivity contribution in [3.05, 3.63) is 0 Å². The lowest BCUT2D eigenvalue weighted by molar-refractivity contribution is 0.501. The van der Waals surface area contributed by atoms with E-state index in [4.69, 9.17) is 0 Å². The first-order valence-corrected chi connectivity index (χ1v) is 11.3. The Morgan fingerprint density at radius 3 is 1.20 bits per heavy atom. The average Bonchev–Trinajstić information content (AvgIpc) is 2.60.